The average Bonchev–Trinajstić information content (AvgIpc) is 2.72. The van der Waals surface area contributed by atoms with Gasteiger partial charge in [0, 0.05) is 36.3 Å². The number of hydrogen-bond acceptors (Lipinski definition) is 5. The van der Waals surface area contributed by atoms with Gasteiger partial charge in [-0.25, -0.2) is 9.59 Å². The fraction of sp³-hybridized carbons (Fsp3) is 0.391. The Balaban J connectivity index is 1.57. The Morgan fingerprint density at radius 3 is 2.30 bits per heavy atom. The van der Waals surface area contributed by atoms with Crippen LogP contribution in [0.25, 0.3) is 0 Å². The van der Waals surface area contributed by atoms with Gasteiger partial charge in [-0.3, -0.25) is 0 Å². The van der Waals surface area contributed by atoms with E-state index in [9.17, 15) is 9.59 Å². The van der Waals surface area contributed by atoms with Crippen molar-refractivity contribution >= 4 is 33.7 Å². The molecule has 0 spiro atoms. The van der Waals surface area contributed by atoms with Crippen molar-refractivity contribution in [2.24, 2.45) is 0 Å². The van der Waals surface area contributed by atoms with E-state index in [0.29, 0.717) is 36.2 Å². The first-order valence-corrected chi connectivity index (χ1v) is 10.8. The molecule has 7 heteroatoms. The topological polar surface area (TPSA) is 59.1 Å². The van der Waals surface area contributed by atoms with Gasteiger partial charge in [-0.15, -0.1) is 0 Å². The lowest BCUT2D eigenvalue weighted by molar-refractivity contribution is 0.00684. The molecule has 1 aliphatic heterocycles. The minimum absolute atomic E-state index is 0.270. The highest BCUT2D eigenvalue weighted by atomic mass is 79.9. The molecule has 0 aromatic heterocycles. The van der Waals surface area contributed by atoms with Crippen molar-refractivity contribution in [3.05, 3.63) is 64.1 Å². The van der Waals surface area contributed by atoms with Crippen LogP contribution in [0.1, 0.15) is 36.7 Å². The molecule has 0 radical (unpaired) electrons. The van der Waals surface area contributed by atoms with Gasteiger partial charge in [-0.1, -0.05) is 30.3 Å². The summed E-state index contributed by atoms with van der Waals surface area (Å²) in [5.41, 5.74) is 1.83. The Kier molecular flexibility index (Phi) is 7.02. The van der Waals surface area contributed by atoms with E-state index in [1.165, 1.54) is 0 Å². The maximum Gasteiger partial charge on any atom is 0.410 e. The Morgan fingerprint density at radius 2 is 1.67 bits per heavy atom. The smallest absolute Gasteiger partial charge is 0.410 e. The van der Waals surface area contributed by atoms with E-state index in [0.717, 1.165) is 11.3 Å². The summed E-state index contributed by atoms with van der Waals surface area (Å²) in [5.74, 6) is -0.362. The van der Waals surface area contributed by atoms with Crippen LogP contribution >= 0.6 is 15.9 Å². The molecule has 3 rings (SSSR count). The summed E-state index contributed by atoms with van der Waals surface area (Å²) in [6.45, 7) is 8.25. The number of rotatable bonds is 4. The van der Waals surface area contributed by atoms with E-state index < -0.39 is 5.60 Å². The molecule has 0 N–H and O–H groups in total. The van der Waals surface area contributed by atoms with Crippen LogP contribution in [0.4, 0.5) is 10.5 Å². The summed E-state index contributed by atoms with van der Waals surface area (Å²) in [4.78, 5) is 28.7. The molecule has 1 heterocycles. The summed E-state index contributed by atoms with van der Waals surface area (Å²) in [7, 11) is 0. The Hall–Kier alpha value is -2.54. The summed E-state index contributed by atoms with van der Waals surface area (Å²) < 4.78 is 11.6. The van der Waals surface area contributed by atoms with Gasteiger partial charge in [0.15, 0.2) is 0 Å². The number of esters is 1. The summed E-state index contributed by atoms with van der Waals surface area (Å²) in [6, 6.07) is 15.3. The predicted octanol–water partition coefficient (Wildman–Crippen LogP) is 4.86. The number of nitrogens with zero attached hydrogens (tertiary/aromatic N) is 2. The number of piperazine rings is 1. The molecule has 6 nitrogen and oxygen atoms in total. The molecule has 2 aromatic carbocycles. The zero-order valence-electron chi connectivity index (χ0n) is 17.6. The highest BCUT2D eigenvalue weighted by Crippen LogP contribution is 2.26. The quantitative estimate of drug-likeness (QED) is 0.591. The van der Waals surface area contributed by atoms with Crippen molar-refractivity contribution in [3.8, 4) is 0 Å². The molecule has 160 valence electrons. The highest BCUT2D eigenvalue weighted by Gasteiger charge is 2.25. The van der Waals surface area contributed by atoms with Gasteiger partial charge in [0.2, 0.25) is 0 Å². The third-order valence-electron chi connectivity index (χ3n) is 4.68. The Bertz CT molecular complexity index is 888. The highest BCUT2D eigenvalue weighted by molar-refractivity contribution is 9.10. The molecule has 2 aromatic rings. The molecular weight excluding hydrogens is 448 g/mol. The molecule has 0 atom stereocenters. The van der Waals surface area contributed by atoms with E-state index in [1.54, 1.807) is 4.90 Å². The summed E-state index contributed by atoms with van der Waals surface area (Å²) >= 11 is 3.44. The second-order valence-corrected chi connectivity index (χ2v) is 9.03. The molecule has 1 amide bonds. The molecule has 0 saturated carbocycles. The van der Waals surface area contributed by atoms with E-state index in [4.69, 9.17) is 9.47 Å². The van der Waals surface area contributed by atoms with E-state index in [-0.39, 0.29) is 18.7 Å². The van der Waals surface area contributed by atoms with Crippen LogP contribution in [0.15, 0.2) is 53.0 Å². The number of benzene rings is 2. The number of amides is 1. The lowest BCUT2D eigenvalue weighted by Crippen LogP contribution is -2.49. The van der Waals surface area contributed by atoms with Gasteiger partial charge >= 0.3 is 12.1 Å². The number of hydrogen-bond donors (Lipinski definition) is 0. The monoisotopic (exact) mass is 474 g/mol. The summed E-state index contributed by atoms with van der Waals surface area (Å²) in [6.07, 6.45) is -0.302. The van der Waals surface area contributed by atoms with Crippen LogP contribution < -0.4 is 4.90 Å². The standard InChI is InChI=1S/C23H27BrN2O4/c1-23(2,3)30-21(27)19-15-18(9-10-20(19)24)25-11-13-26(14-12-25)22(28)29-16-17-7-5-4-6-8-17/h4-10,15H,11-14,16H2,1-3H3. The number of halogens is 1. The van der Waals surface area contributed by atoms with E-state index in [2.05, 4.69) is 20.8 Å². The van der Waals surface area contributed by atoms with Crippen LogP contribution in [0.3, 0.4) is 0 Å². The zero-order valence-corrected chi connectivity index (χ0v) is 19.1. The van der Waals surface area contributed by atoms with Crippen LogP contribution in [0.2, 0.25) is 0 Å². The molecule has 1 saturated heterocycles. The first-order valence-electron chi connectivity index (χ1n) is 9.96. The number of carbonyl (C=O) groups is 2. The van der Waals surface area contributed by atoms with Gasteiger partial charge in [0.05, 0.1) is 5.56 Å². The average molecular weight is 475 g/mol. The minimum atomic E-state index is -0.557. The van der Waals surface area contributed by atoms with E-state index >= 15 is 0 Å². The molecule has 1 aliphatic rings. The minimum Gasteiger partial charge on any atom is -0.456 e. The molecule has 30 heavy (non-hydrogen) atoms. The van der Waals surface area contributed by atoms with Crippen molar-refractivity contribution < 1.29 is 19.1 Å². The van der Waals surface area contributed by atoms with Crippen molar-refractivity contribution in [1.82, 2.24) is 4.90 Å². The van der Waals surface area contributed by atoms with Crippen molar-refractivity contribution in [3.63, 3.8) is 0 Å². The number of anilines is 1. The van der Waals surface area contributed by atoms with Gasteiger partial charge in [-0.2, -0.15) is 0 Å². The first-order chi connectivity index (χ1) is 14.2. The fourth-order valence-electron chi connectivity index (χ4n) is 3.16. The third kappa shape index (κ3) is 5.98. The lowest BCUT2D eigenvalue weighted by atomic mass is 10.1. The summed E-state index contributed by atoms with van der Waals surface area (Å²) in [5, 5.41) is 0. The van der Waals surface area contributed by atoms with E-state index in [1.807, 2.05) is 69.3 Å². The third-order valence-corrected chi connectivity index (χ3v) is 5.37. The van der Waals surface area contributed by atoms with Crippen LogP contribution in [-0.2, 0) is 16.1 Å². The SMILES string of the molecule is CC(C)(C)OC(=O)c1cc(N2CCN(C(=O)OCc3ccccc3)CC2)ccc1Br. The number of ether oxygens (including phenoxy) is 2. The fourth-order valence-corrected chi connectivity index (χ4v) is 3.57. The van der Waals surface area contributed by atoms with Crippen LogP contribution in [-0.4, -0.2) is 48.7 Å². The van der Waals surface area contributed by atoms with Crippen LogP contribution in [0, 0.1) is 0 Å². The molecular formula is C23H27BrN2O4. The van der Waals surface area contributed by atoms with Crippen molar-refractivity contribution in [1.29, 1.82) is 0 Å². The maximum atomic E-state index is 12.5. The normalized spacial score (nSPS) is 14.4. The van der Waals surface area contributed by atoms with Gasteiger partial charge in [0.25, 0.3) is 0 Å². The van der Waals surface area contributed by atoms with Crippen molar-refractivity contribution in [2.45, 2.75) is 33.0 Å². The van der Waals surface area contributed by atoms with Gasteiger partial charge < -0.3 is 19.3 Å². The number of carbonyl (C=O) groups excluding carboxylic acids is 2. The first kappa shape index (κ1) is 22.2. The predicted molar refractivity (Wildman–Crippen MR) is 120 cm³/mol. The van der Waals surface area contributed by atoms with Gasteiger partial charge in [-0.05, 0) is 60.5 Å². The van der Waals surface area contributed by atoms with Gasteiger partial charge in [0.1, 0.15) is 12.2 Å². The molecule has 1 fully saturated rings. The molecule has 0 unspecified atom stereocenters. The largest absolute Gasteiger partial charge is 0.456 e. The van der Waals surface area contributed by atoms with Crippen LogP contribution in [0.5, 0.6) is 0 Å². The molecule has 0 bridgehead atoms. The Labute approximate surface area is 185 Å². The lowest BCUT2D eigenvalue weighted by Gasteiger charge is -2.35. The second kappa shape index (κ2) is 9.51. The van der Waals surface area contributed by atoms with Crippen molar-refractivity contribution in [2.75, 3.05) is 31.1 Å². The second-order valence-electron chi connectivity index (χ2n) is 8.18. The molecule has 0 aliphatic carbocycles. The Morgan fingerprint density at radius 1 is 1.00 bits per heavy atom. The zero-order chi connectivity index (χ0) is 21.7. The maximum absolute atomic E-state index is 12.5.